The van der Waals surface area contributed by atoms with E-state index >= 15 is 0 Å². The lowest BCUT2D eigenvalue weighted by molar-refractivity contribution is 0.0958. The fraction of sp³-hybridized carbons (Fsp3) is 0.0625. The number of carbonyl (C=O) groups is 1. The normalized spacial score (nSPS) is 10.6. The van der Waals surface area contributed by atoms with Crippen molar-refractivity contribution in [1.82, 2.24) is 5.32 Å². The molecule has 0 radical (unpaired) electrons. The van der Waals surface area contributed by atoms with Crippen LogP contribution in [-0.4, -0.2) is 12.5 Å². The van der Waals surface area contributed by atoms with E-state index in [0.29, 0.717) is 12.1 Å². The Morgan fingerprint density at radius 3 is 2.42 bits per heavy atom. The van der Waals surface area contributed by atoms with Crippen LogP contribution in [0, 0.1) is 5.82 Å². The first-order valence-electron chi connectivity index (χ1n) is 6.01. The zero-order valence-corrected chi connectivity index (χ0v) is 10.3. The predicted octanol–water partition coefficient (Wildman–Crippen LogP) is 3.27. The second-order valence-electron chi connectivity index (χ2n) is 4.03. The first-order valence-corrected chi connectivity index (χ1v) is 6.01. The number of nitrogens with one attached hydrogen (secondary N) is 1. The van der Waals surface area contributed by atoms with Gasteiger partial charge in [0.2, 0.25) is 0 Å². The molecule has 2 aromatic rings. The molecule has 2 aromatic carbocycles. The Kier molecular flexibility index (Phi) is 4.45. The fourth-order valence-electron chi connectivity index (χ4n) is 1.61. The van der Waals surface area contributed by atoms with Gasteiger partial charge < -0.3 is 5.32 Å². The molecule has 2 rings (SSSR count). The molecule has 0 spiro atoms. The van der Waals surface area contributed by atoms with Crippen LogP contribution in [0.4, 0.5) is 4.39 Å². The van der Waals surface area contributed by atoms with Crippen molar-refractivity contribution in [3.8, 4) is 0 Å². The summed E-state index contributed by atoms with van der Waals surface area (Å²) in [6.07, 6.45) is 3.81. The minimum atomic E-state index is -0.347. The Labute approximate surface area is 111 Å². The van der Waals surface area contributed by atoms with E-state index in [0.717, 1.165) is 5.56 Å². The quantitative estimate of drug-likeness (QED) is 0.892. The van der Waals surface area contributed by atoms with Gasteiger partial charge in [-0.2, -0.15) is 0 Å². The van der Waals surface area contributed by atoms with Gasteiger partial charge in [-0.3, -0.25) is 4.79 Å². The molecule has 96 valence electrons. The van der Waals surface area contributed by atoms with Crippen molar-refractivity contribution in [2.24, 2.45) is 0 Å². The van der Waals surface area contributed by atoms with Crippen molar-refractivity contribution in [2.45, 2.75) is 0 Å². The number of halogens is 1. The van der Waals surface area contributed by atoms with E-state index in [2.05, 4.69) is 5.32 Å². The lowest BCUT2D eigenvalue weighted by Gasteiger charge is -2.01. The molecule has 0 aliphatic heterocycles. The van der Waals surface area contributed by atoms with Gasteiger partial charge in [0.15, 0.2) is 0 Å². The number of hydrogen-bond acceptors (Lipinski definition) is 1. The first-order chi connectivity index (χ1) is 9.25. The summed E-state index contributed by atoms with van der Waals surface area (Å²) in [5.74, 6) is -0.557. The van der Waals surface area contributed by atoms with Crippen LogP contribution in [-0.2, 0) is 0 Å². The molecule has 0 atom stereocenters. The van der Waals surface area contributed by atoms with Crippen molar-refractivity contribution in [1.29, 1.82) is 0 Å². The molecule has 0 saturated carbocycles. The highest BCUT2D eigenvalue weighted by molar-refractivity contribution is 5.94. The smallest absolute Gasteiger partial charge is 0.251 e. The topological polar surface area (TPSA) is 29.1 Å². The third-order valence-corrected chi connectivity index (χ3v) is 2.60. The molecule has 19 heavy (non-hydrogen) atoms. The Balaban J connectivity index is 1.84. The molecular formula is C16H14FNO. The standard InChI is InChI=1S/C16H14FNO/c17-15-10-8-14(9-11-15)16(19)18-12-4-7-13-5-2-1-3-6-13/h1-11H,12H2,(H,18,19). The summed E-state index contributed by atoms with van der Waals surface area (Å²) in [6.45, 7) is 0.436. The van der Waals surface area contributed by atoms with Crippen LogP contribution >= 0.6 is 0 Å². The predicted molar refractivity (Wildman–Crippen MR) is 74.2 cm³/mol. The molecule has 0 aliphatic rings. The number of amides is 1. The van der Waals surface area contributed by atoms with E-state index in [9.17, 15) is 9.18 Å². The monoisotopic (exact) mass is 255 g/mol. The molecule has 0 saturated heterocycles. The Hall–Kier alpha value is -2.42. The summed E-state index contributed by atoms with van der Waals surface area (Å²) in [5.41, 5.74) is 1.54. The first kappa shape index (κ1) is 13.0. The van der Waals surface area contributed by atoms with Gasteiger partial charge in [0.05, 0.1) is 0 Å². The maximum atomic E-state index is 12.7. The summed E-state index contributed by atoms with van der Waals surface area (Å²) in [6, 6.07) is 15.3. The second-order valence-corrected chi connectivity index (χ2v) is 4.03. The molecule has 1 amide bonds. The molecule has 0 aliphatic carbocycles. The number of hydrogen-bond donors (Lipinski definition) is 1. The van der Waals surface area contributed by atoms with E-state index < -0.39 is 0 Å². The van der Waals surface area contributed by atoms with Crippen LogP contribution in [0.1, 0.15) is 15.9 Å². The maximum absolute atomic E-state index is 12.7. The number of benzene rings is 2. The third kappa shape index (κ3) is 4.07. The highest BCUT2D eigenvalue weighted by Gasteiger charge is 2.02. The second kappa shape index (κ2) is 6.50. The summed E-state index contributed by atoms with van der Waals surface area (Å²) >= 11 is 0. The van der Waals surface area contributed by atoms with Crippen LogP contribution in [0.25, 0.3) is 6.08 Å². The molecule has 1 N–H and O–H groups in total. The Morgan fingerprint density at radius 2 is 1.74 bits per heavy atom. The number of carbonyl (C=O) groups excluding carboxylic acids is 1. The van der Waals surface area contributed by atoms with Gasteiger partial charge in [-0.05, 0) is 29.8 Å². The van der Waals surface area contributed by atoms with Crippen molar-refractivity contribution >= 4 is 12.0 Å². The lowest BCUT2D eigenvalue weighted by atomic mass is 10.2. The Morgan fingerprint density at radius 1 is 1.05 bits per heavy atom. The van der Waals surface area contributed by atoms with Crippen molar-refractivity contribution in [2.75, 3.05) is 6.54 Å². The molecule has 3 heteroatoms. The van der Waals surface area contributed by atoms with E-state index in [1.54, 1.807) is 0 Å². The van der Waals surface area contributed by atoms with E-state index in [-0.39, 0.29) is 11.7 Å². The molecule has 0 bridgehead atoms. The van der Waals surface area contributed by atoms with E-state index in [4.69, 9.17) is 0 Å². The average Bonchev–Trinajstić information content (AvgIpc) is 2.45. The van der Waals surface area contributed by atoms with Gasteiger partial charge in [0.25, 0.3) is 5.91 Å². The van der Waals surface area contributed by atoms with Crippen molar-refractivity contribution in [3.05, 3.63) is 77.6 Å². The molecule has 0 unspecified atom stereocenters. The van der Waals surface area contributed by atoms with Gasteiger partial charge >= 0.3 is 0 Å². The van der Waals surface area contributed by atoms with Crippen molar-refractivity contribution < 1.29 is 9.18 Å². The average molecular weight is 255 g/mol. The maximum Gasteiger partial charge on any atom is 0.251 e. The molecule has 0 fully saturated rings. The fourth-order valence-corrected chi connectivity index (χ4v) is 1.61. The van der Waals surface area contributed by atoms with Gasteiger partial charge in [0, 0.05) is 12.1 Å². The highest BCUT2D eigenvalue weighted by Crippen LogP contribution is 2.03. The molecule has 2 nitrogen and oxygen atoms in total. The SMILES string of the molecule is O=C(NCC=Cc1ccccc1)c1ccc(F)cc1. The summed E-state index contributed by atoms with van der Waals surface area (Å²) in [4.78, 5) is 11.7. The van der Waals surface area contributed by atoms with Gasteiger partial charge in [-0.25, -0.2) is 4.39 Å². The van der Waals surface area contributed by atoms with E-state index in [1.807, 2.05) is 42.5 Å². The van der Waals surface area contributed by atoms with Crippen LogP contribution in [0.5, 0.6) is 0 Å². The zero-order valence-electron chi connectivity index (χ0n) is 10.3. The van der Waals surface area contributed by atoms with Crippen LogP contribution < -0.4 is 5.32 Å². The van der Waals surface area contributed by atoms with Gasteiger partial charge in [0.1, 0.15) is 5.82 Å². The summed E-state index contributed by atoms with van der Waals surface area (Å²) in [5, 5.41) is 2.74. The van der Waals surface area contributed by atoms with Crippen LogP contribution in [0.15, 0.2) is 60.7 Å². The molecular weight excluding hydrogens is 241 g/mol. The van der Waals surface area contributed by atoms with Gasteiger partial charge in [-0.1, -0.05) is 42.5 Å². The summed E-state index contributed by atoms with van der Waals surface area (Å²) < 4.78 is 12.7. The third-order valence-electron chi connectivity index (χ3n) is 2.60. The largest absolute Gasteiger partial charge is 0.349 e. The lowest BCUT2D eigenvalue weighted by Crippen LogP contribution is -2.23. The minimum Gasteiger partial charge on any atom is -0.349 e. The van der Waals surface area contributed by atoms with Crippen LogP contribution in [0.2, 0.25) is 0 Å². The van der Waals surface area contributed by atoms with Crippen molar-refractivity contribution in [3.63, 3.8) is 0 Å². The van der Waals surface area contributed by atoms with Gasteiger partial charge in [-0.15, -0.1) is 0 Å². The Bertz CT molecular complexity index is 561. The molecule has 0 heterocycles. The molecule has 0 aromatic heterocycles. The minimum absolute atomic E-state index is 0.210. The van der Waals surface area contributed by atoms with Crippen LogP contribution in [0.3, 0.4) is 0 Å². The highest BCUT2D eigenvalue weighted by atomic mass is 19.1. The zero-order chi connectivity index (χ0) is 13.5. The summed E-state index contributed by atoms with van der Waals surface area (Å²) in [7, 11) is 0. The number of rotatable bonds is 4. The van der Waals surface area contributed by atoms with E-state index in [1.165, 1.54) is 24.3 Å².